The van der Waals surface area contributed by atoms with Gasteiger partial charge in [0.25, 0.3) is 0 Å². The molecule has 2 heterocycles. The second kappa shape index (κ2) is 9.84. The number of nitrogens with zero attached hydrogens (tertiary/aromatic N) is 3. The van der Waals surface area contributed by atoms with Crippen molar-refractivity contribution in [3.05, 3.63) is 77.1 Å². The first-order valence-corrected chi connectivity index (χ1v) is 16.7. The number of aryl methyl sites for hydroxylation is 1. The Bertz CT molecular complexity index is 1790. The number of pyridine rings is 1. The lowest BCUT2D eigenvalue weighted by Gasteiger charge is -2.66. The second-order valence-electron chi connectivity index (χ2n) is 14.5. The number of rotatable bonds is 7. The number of carbonyl (C=O) groups is 1. The topological polar surface area (TPSA) is 46.1 Å². The van der Waals surface area contributed by atoms with Crippen LogP contribution >= 0.6 is 11.3 Å². The minimum atomic E-state index is -4.40. The molecule has 6 aliphatic carbocycles. The number of anilines is 1. The lowest BCUT2D eigenvalue weighted by atomic mass is 9.41. The van der Waals surface area contributed by atoms with E-state index in [9.17, 15) is 22.4 Å². The molecule has 9 heteroatoms. The Morgan fingerprint density at radius 2 is 1.62 bits per heavy atom. The van der Waals surface area contributed by atoms with E-state index >= 15 is 0 Å². The van der Waals surface area contributed by atoms with E-state index in [0.717, 1.165) is 76.6 Å². The Hall–Kier alpha value is -3.33. The van der Waals surface area contributed by atoms with Gasteiger partial charge in [0.2, 0.25) is 5.91 Å². The van der Waals surface area contributed by atoms with Crippen molar-refractivity contribution in [2.24, 2.45) is 10.8 Å². The largest absolute Gasteiger partial charge is 0.416 e. The van der Waals surface area contributed by atoms with E-state index < -0.39 is 17.4 Å². The second-order valence-corrected chi connectivity index (χ2v) is 15.7. The maximum atomic E-state index is 14.4. The molecule has 6 aliphatic rings. The Kier molecular flexibility index (Phi) is 6.36. The summed E-state index contributed by atoms with van der Waals surface area (Å²) in [6, 6.07) is 16.7. The molecule has 2 aromatic heterocycles. The van der Waals surface area contributed by atoms with Crippen LogP contribution in [-0.2, 0) is 16.4 Å². The average Bonchev–Trinajstić information content (AvgIpc) is 3.38. The van der Waals surface area contributed by atoms with Crippen molar-refractivity contribution < 1.29 is 22.4 Å². The van der Waals surface area contributed by atoms with Crippen molar-refractivity contribution in [2.45, 2.75) is 88.4 Å². The van der Waals surface area contributed by atoms with E-state index in [2.05, 4.69) is 34.2 Å². The van der Waals surface area contributed by atoms with Gasteiger partial charge in [-0.05, 0) is 123 Å². The predicted molar refractivity (Wildman–Crippen MR) is 168 cm³/mol. The van der Waals surface area contributed by atoms with Gasteiger partial charge in [0.15, 0.2) is 0 Å². The zero-order valence-electron chi connectivity index (χ0n) is 25.2. The van der Waals surface area contributed by atoms with Crippen LogP contribution in [0.4, 0.5) is 23.2 Å². The molecule has 0 spiro atoms. The number of carbonyl (C=O) groups excluding carboxylic acids is 1. The van der Waals surface area contributed by atoms with Gasteiger partial charge >= 0.3 is 6.18 Å². The number of alkyl halides is 4. The molecular formula is C36H35F4N3OS. The zero-order chi connectivity index (χ0) is 31.2. The van der Waals surface area contributed by atoms with Gasteiger partial charge in [-0.25, -0.2) is 9.37 Å². The van der Waals surface area contributed by atoms with Crippen molar-refractivity contribution in [1.82, 2.24) is 9.97 Å². The average molecular weight is 634 g/mol. The van der Waals surface area contributed by atoms with Gasteiger partial charge in [-0.1, -0.05) is 18.2 Å². The zero-order valence-corrected chi connectivity index (χ0v) is 26.0. The van der Waals surface area contributed by atoms with Crippen LogP contribution in [0.15, 0.2) is 60.8 Å². The fourth-order valence-corrected chi connectivity index (χ4v) is 9.84. The fourth-order valence-electron chi connectivity index (χ4n) is 8.98. The Morgan fingerprint density at radius 3 is 2.31 bits per heavy atom. The first kappa shape index (κ1) is 29.1. The first-order valence-electron chi connectivity index (χ1n) is 15.9. The van der Waals surface area contributed by atoms with E-state index in [1.165, 1.54) is 12.3 Å². The van der Waals surface area contributed by atoms with Crippen molar-refractivity contribution in [3.8, 4) is 11.1 Å². The molecule has 0 aliphatic heterocycles. The number of thiazole rings is 1. The van der Waals surface area contributed by atoms with Gasteiger partial charge in [0.05, 0.1) is 20.8 Å². The molecule has 10 rings (SSSR count). The Morgan fingerprint density at radius 1 is 0.911 bits per heavy atom. The van der Waals surface area contributed by atoms with E-state index in [1.807, 2.05) is 30.0 Å². The van der Waals surface area contributed by atoms with Gasteiger partial charge in [-0.15, -0.1) is 11.3 Å². The number of amides is 1. The van der Waals surface area contributed by atoms with E-state index in [-0.39, 0.29) is 22.2 Å². The molecule has 45 heavy (non-hydrogen) atoms. The van der Waals surface area contributed by atoms with E-state index in [0.29, 0.717) is 37.9 Å². The SMILES string of the molecule is Cc1nc2ccc(-c3cccc(N(CC45CCC(c6cc(C(F)(F)F)ccn6)(CC4)CC5)C(=O)CC45CC(F)(C4)C5)c3)cc2s1. The highest BCUT2D eigenvalue weighted by Crippen LogP contribution is 2.71. The van der Waals surface area contributed by atoms with Gasteiger partial charge in [0, 0.05) is 36.0 Å². The molecule has 4 aromatic rings. The summed E-state index contributed by atoms with van der Waals surface area (Å²) in [5, 5.41) is 1.02. The van der Waals surface area contributed by atoms with Crippen LogP contribution in [-0.4, -0.2) is 28.1 Å². The Labute approximate surface area is 263 Å². The molecule has 4 bridgehead atoms. The minimum absolute atomic E-state index is 0.0405. The molecular weight excluding hydrogens is 598 g/mol. The Balaban J connectivity index is 1.07. The van der Waals surface area contributed by atoms with Crippen LogP contribution in [0.5, 0.6) is 0 Å². The normalized spacial score (nSPS) is 30.2. The molecule has 4 nitrogen and oxygen atoms in total. The third-order valence-electron chi connectivity index (χ3n) is 11.4. The van der Waals surface area contributed by atoms with E-state index in [1.54, 1.807) is 11.3 Å². The first-order chi connectivity index (χ1) is 21.4. The smallest absolute Gasteiger partial charge is 0.312 e. The van der Waals surface area contributed by atoms with Crippen molar-refractivity contribution in [3.63, 3.8) is 0 Å². The minimum Gasteiger partial charge on any atom is -0.312 e. The number of halogens is 4. The van der Waals surface area contributed by atoms with Crippen LogP contribution in [0.3, 0.4) is 0 Å². The lowest BCUT2D eigenvalue weighted by molar-refractivity contribution is -0.215. The lowest BCUT2D eigenvalue weighted by Crippen LogP contribution is -2.65. The van der Waals surface area contributed by atoms with Crippen molar-refractivity contribution >= 4 is 33.1 Å². The summed E-state index contributed by atoms with van der Waals surface area (Å²) in [6.07, 6.45) is 3.43. The van der Waals surface area contributed by atoms with Crippen LogP contribution < -0.4 is 4.90 Å². The van der Waals surface area contributed by atoms with Crippen LogP contribution in [0.1, 0.15) is 80.5 Å². The van der Waals surface area contributed by atoms with Crippen molar-refractivity contribution in [2.75, 3.05) is 11.4 Å². The highest BCUT2D eigenvalue weighted by molar-refractivity contribution is 7.18. The number of aromatic nitrogens is 2. The van der Waals surface area contributed by atoms with Crippen LogP contribution in [0.2, 0.25) is 0 Å². The summed E-state index contributed by atoms with van der Waals surface area (Å²) in [5.74, 6) is 0.0405. The van der Waals surface area contributed by atoms with Gasteiger partial charge in [0.1, 0.15) is 5.67 Å². The third-order valence-corrected chi connectivity index (χ3v) is 12.3. The van der Waals surface area contributed by atoms with Gasteiger partial charge in [-0.3, -0.25) is 9.78 Å². The fraction of sp³-hybridized carbons (Fsp3) is 0.472. The number of benzene rings is 2. The molecule has 0 N–H and O–H groups in total. The summed E-state index contributed by atoms with van der Waals surface area (Å²) in [5.41, 5.74) is 2.05. The van der Waals surface area contributed by atoms with Gasteiger partial charge < -0.3 is 4.90 Å². The highest BCUT2D eigenvalue weighted by atomic mass is 32.1. The summed E-state index contributed by atoms with van der Waals surface area (Å²) in [4.78, 5) is 25.1. The third kappa shape index (κ3) is 4.97. The monoisotopic (exact) mass is 633 g/mol. The summed E-state index contributed by atoms with van der Waals surface area (Å²) in [6.45, 7) is 2.56. The van der Waals surface area contributed by atoms with Crippen molar-refractivity contribution in [1.29, 1.82) is 0 Å². The highest BCUT2D eigenvalue weighted by Gasteiger charge is 2.69. The number of hydrogen-bond donors (Lipinski definition) is 0. The van der Waals surface area contributed by atoms with E-state index in [4.69, 9.17) is 0 Å². The molecule has 234 valence electrons. The van der Waals surface area contributed by atoms with Gasteiger partial charge in [-0.2, -0.15) is 13.2 Å². The summed E-state index contributed by atoms with van der Waals surface area (Å²) < 4.78 is 56.0. The molecule has 2 aromatic carbocycles. The molecule has 0 atom stereocenters. The maximum Gasteiger partial charge on any atom is 0.416 e. The molecule has 6 fully saturated rings. The predicted octanol–water partition coefficient (Wildman–Crippen LogP) is 9.59. The van der Waals surface area contributed by atoms with Crippen LogP contribution in [0.25, 0.3) is 21.3 Å². The molecule has 6 saturated carbocycles. The summed E-state index contributed by atoms with van der Waals surface area (Å²) in [7, 11) is 0. The number of fused-ring (bicyclic) bond motifs is 4. The number of hydrogen-bond acceptors (Lipinski definition) is 4. The molecule has 0 unspecified atom stereocenters. The summed E-state index contributed by atoms with van der Waals surface area (Å²) >= 11 is 1.66. The molecule has 0 saturated heterocycles. The maximum absolute atomic E-state index is 14.4. The standard InChI is InChI=1S/C36H35F4N3OS/c1-23-42-28-6-5-25(16-29(28)45-23)24-3-2-4-27(15-24)43(31(44)18-33-19-35(37,20-33)21-33)22-32-8-11-34(12-9-32,13-10-32)30-17-26(7-14-41-30)36(38,39)40/h2-7,14-17H,8-13,18-22H2,1H3. The molecule has 1 amide bonds. The quantitative estimate of drug-likeness (QED) is 0.191. The molecule has 0 radical (unpaired) electrons. The van der Waals surface area contributed by atoms with Crippen LogP contribution in [0, 0.1) is 17.8 Å².